The number of hydrogen-bond donors (Lipinski definition) is 2. The summed E-state index contributed by atoms with van der Waals surface area (Å²) in [7, 11) is 1.72. The molecule has 1 atom stereocenters. The predicted octanol–water partition coefficient (Wildman–Crippen LogP) is 3.56. The van der Waals surface area contributed by atoms with E-state index in [1.807, 2.05) is 36.4 Å². The highest BCUT2D eigenvalue weighted by atomic mass is 127. The van der Waals surface area contributed by atoms with E-state index in [2.05, 4.69) is 25.8 Å². The molecular weight excluding hydrogens is 533 g/mol. The van der Waals surface area contributed by atoms with Crippen LogP contribution in [0.5, 0.6) is 11.5 Å². The molecule has 8 nitrogen and oxygen atoms in total. The number of hydrogen-bond acceptors (Lipinski definition) is 6. The summed E-state index contributed by atoms with van der Waals surface area (Å²) in [5.74, 6) is 3.24. The van der Waals surface area contributed by atoms with Crippen molar-refractivity contribution in [3.8, 4) is 22.9 Å². The van der Waals surface area contributed by atoms with Crippen LogP contribution in [0.2, 0.25) is 5.02 Å². The summed E-state index contributed by atoms with van der Waals surface area (Å²) >= 11 is 6.01. The molecule has 1 aliphatic rings. The van der Waals surface area contributed by atoms with E-state index in [0.717, 1.165) is 17.1 Å². The fourth-order valence-electron chi connectivity index (χ4n) is 2.98. The summed E-state index contributed by atoms with van der Waals surface area (Å²) < 4.78 is 17.0. The Labute approximate surface area is 202 Å². The second-order valence-corrected chi connectivity index (χ2v) is 7.09. The molecule has 0 aliphatic carbocycles. The third-order valence-electron chi connectivity index (χ3n) is 4.47. The van der Waals surface area contributed by atoms with Crippen LogP contribution in [-0.2, 0) is 6.42 Å². The van der Waals surface area contributed by atoms with Gasteiger partial charge in [0.2, 0.25) is 11.7 Å². The summed E-state index contributed by atoms with van der Waals surface area (Å²) in [5, 5.41) is 11.1. The van der Waals surface area contributed by atoms with Crippen molar-refractivity contribution in [3.63, 3.8) is 0 Å². The minimum atomic E-state index is -0.102. The van der Waals surface area contributed by atoms with E-state index in [4.69, 9.17) is 25.6 Å². The molecule has 0 spiro atoms. The van der Waals surface area contributed by atoms with Gasteiger partial charge in [-0.05, 0) is 24.3 Å². The summed E-state index contributed by atoms with van der Waals surface area (Å²) in [6.07, 6.45) is 0.458. The molecule has 4 rings (SSSR count). The summed E-state index contributed by atoms with van der Waals surface area (Å²) in [6, 6.07) is 15.0. The number of rotatable bonds is 6. The minimum absolute atomic E-state index is 0. The Hall–Kier alpha value is -2.53. The molecule has 1 aliphatic heterocycles. The molecule has 1 unspecified atom stereocenters. The molecule has 164 valence electrons. The summed E-state index contributed by atoms with van der Waals surface area (Å²) in [6.45, 7) is 1.63. The molecule has 0 fully saturated rings. The van der Waals surface area contributed by atoms with Crippen molar-refractivity contribution >= 4 is 41.5 Å². The van der Waals surface area contributed by atoms with Crippen LogP contribution in [0.1, 0.15) is 5.89 Å². The number of aromatic nitrogens is 2. The van der Waals surface area contributed by atoms with Gasteiger partial charge < -0.3 is 24.6 Å². The van der Waals surface area contributed by atoms with Crippen molar-refractivity contribution in [3.05, 3.63) is 59.4 Å². The number of guanidine groups is 1. The minimum Gasteiger partial charge on any atom is -0.486 e. The standard InChI is InChI=1S/C21H22ClN5O3.HI/c1-23-21(25-12-16-13-28-17-7-2-3-8-18(17)29-16)24-10-9-19-26-20(27-30-19)14-5-4-6-15(22)11-14;/h2-8,11,16H,9-10,12-13H2,1H3,(H2,23,24,25);1H. The van der Waals surface area contributed by atoms with E-state index in [9.17, 15) is 0 Å². The molecule has 2 N–H and O–H groups in total. The van der Waals surface area contributed by atoms with Crippen molar-refractivity contribution < 1.29 is 14.0 Å². The lowest BCUT2D eigenvalue weighted by molar-refractivity contribution is 0.0936. The van der Waals surface area contributed by atoms with Gasteiger partial charge in [0, 0.05) is 30.6 Å². The Morgan fingerprint density at radius 3 is 2.81 bits per heavy atom. The van der Waals surface area contributed by atoms with Crippen LogP contribution in [0.15, 0.2) is 58.0 Å². The number of nitrogens with zero attached hydrogens (tertiary/aromatic N) is 3. The maximum Gasteiger partial charge on any atom is 0.228 e. The number of nitrogens with one attached hydrogen (secondary N) is 2. The first kappa shape index (κ1) is 23.1. The Morgan fingerprint density at radius 2 is 2.00 bits per heavy atom. The zero-order valence-corrected chi connectivity index (χ0v) is 20.0. The van der Waals surface area contributed by atoms with Gasteiger partial charge in [-0.25, -0.2) is 0 Å². The monoisotopic (exact) mass is 555 g/mol. The van der Waals surface area contributed by atoms with Crippen LogP contribution in [0, 0.1) is 0 Å². The van der Waals surface area contributed by atoms with E-state index in [1.54, 1.807) is 19.2 Å². The van der Waals surface area contributed by atoms with Gasteiger partial charge in [0.05, 0.1) is 6.54 Å². The van der Waals surface area contributed by atoms with Crippen molar-refractivity contribution in [2.45, 2.75) is 12.5 Å². The lowest BCUT2D eigenvalue weighted by Gasteiger charge is -2.27. The van der Waals surface area contributed by atoms with Gasteiger partial charge in [-0.2, -0.15) is 4.98 Å². The lowest BCUT2D eigenvalue weighted by Crippen LogP contribution is -2.45. The molecule has 0 bridgehead atoms. The highest BCUT2D eigenvalue weighted by Crippen LogP contribution is 2.30. The van der Waals surface area contributed by atoms with Gasteiger partial charge in [-0.3, -0.25) is 4.99 Å². The maximum atomic E-state index is 6.01. The van der Waals surface area contributed by atoms with Crippen LogP contribution in [0.25, 0.3) is 11.4 Å². The van der Waals surface area contributed by atoms with E-state index in [1.165, 1.54) is 0 Å². The highest BCUT2D eigenvalue weighted by molar-refractivity contribution is 14.0. The third-order valence-corrected chi connectivity index (χ3v) is 4.71. The van der Waals surface area contributed by atoms with Gasteiger partial charge in [0.25, 0.3) is 0 Å². The van der Waals surface area contributed by atoms with Crippen LogP contribution >= 0.6 is 35.6 Å². The van der Waals surface area contributed by atoms with Crippen molar-refractivity contribution in [2.75, 3.05) is 26.7 Å². The van der Waals surface area contributed by atoms with Crippen LogP contribution in [0.4, 0.5) is 0 Å². The van der Waals surface area contributed by atoms with Crippen molar-refractivity contribution in [1.82, 2.24) is 20.8 Å². The average Bonchev–Trinajstić information content (AvgIpc) is 3.25. The fourth-order valence-corrected chi connectivity index (χ4v) is 3.17. The molecule has 10 heteroatoms. The molecule has 1 aromatic heterocycles. The Bertz CT molecular complexity index is 1030. The molecule has 0 amide bonds. The zero-order valence-electron chi connectivity index (χ0n) is 16.9. The maximum absolute atomic E-state index is 6.01. The molecule has 0 saturated heterocycles. The van der Waals surface area contributed by atoms with Crippen molar-refractivity contribution in [1.29, 1.82) is 0 Å². The number of halogens is 2. The Kier molecular flexibility index (Phi) is 8.35. The van der Waals surface area contributed by atoms with E-state index < -0.39 is 0 Å². The van der Waals surface area contributed by atoms with E-state index >= 15 is 0 Å². The first-order valence-corrected chi connectivity index (χ1v) is 10.0. The highest BCUT2D eigenvalue weighted by Gasteiger charge is 2.20. The van der Waals surface area contributed by atoms with Crippen LogP contribution in [0.3, 0.4) is 0 Å². The van der Waals surface area contributed by atoms with E-state index in [0.29, 0.717) is 48.8 Å². The number of aliphatic imine (C=N–C) groups is 1. The van der Waals surface area contributed by atoms with Crippen LogP contribution in [-0.4, -0.2) is 48.9 Å². The Morgan fingerprint density at radius 1 is 1.16 bits per heavy atom. The number of benzene rings is 2. The zero-order chi connectivity index (χ0) is 20.8. The number of para-hydroxylation sites is 2. The smallest absolute Gasteiger partial charge is 0.228 e. The van der Waals surface area contributed by atoms with Gasteiger partial charge >= 0.3 is 0 Å². The normalized spacial score (nSPS) is 15.2. The second-order valence-electron chi connectivity index (χ2n) is 6.65. The Balaban J connectivity index is 0.00000272. The molecule has 3 aromatic rings. The second kappa shape index (κ2) is 11.2. The number of fused-ring (bicyclic) bond motifs is 1. The first-order valence-electron chi connectivity index (χ1n) is 9.63. The third kappa shape index (κ3) is 6.23. The fraction of sp³-hybridized carbons (Fsp3) is 0.286. The largest absolute Gasteiger partial charge is 0.486 e. The SMILES string of the molecule is CN=C(NCCc1nc(-c2cccc(Cl)c2)no1)NCC1COc2ccccc2O1.I. The predicted molar refractivity (Wildman–Crippen MR) is 130 cm³/mol. The van der Waals surface area contributed by atoms with E-state index in [-0.39, 0.29) is 30.1 Å². The lowest BCUT2D eigenvalue weighted by atomic mass is 10.2. The molecular formula is C21H23ClIN5O3. The molecule has 0 radical (unpaired) electrons. The van der Waals surface area contributed by atoms with Gasteiger partial charge in [0.15, 0.2) is 17.5 Å². The van der Waals surface area contributed by atoms with Gasteiger partial charge in [0.1, 0.15) is 12.7 Å². The number of ether oxygens (including phenoxy) is 2. The molecule has 2 heterocycles. The quantitative estimate of drug-likeness (QED) is 0.273. The van der Waals surface area contributed by atoms with Gasteiger partial charge in [-0.1, -0.05) is 41.0 Å². The first-order chi connectivity index (χ1) is 14.7. The van der Waals surface area contributed by atoms with Crippen LogP contribution < -0.4 is 20.1 Å². The topological polar surface area (TPSA) is 93.8 Å². The van der Waals surface area contributed by atoms with Gasteiger partial charge in [-0.15, -0.1) is 24.0 Å². The van der Waals surface area contributed by atoms with Crippen molar-refractivity contribution in [2.24, 2.45) is 4.99 Å². The average molecular weight is 556 g/mol. The molecule has 2 aromatic carbocycles. The molecule has 31 heavy (non-hydrogen) atoms. The summed E-state index contributed by atoms with van der Waals surface area (Å²) in [5.41, 5.74) is 0.819. The summed E-state index contributed by atoms with van der Waals surface area (Å²) in [4.78, 5) is 8.64. The molecule has 0 saturated carbocycles.